The molecule has 0 saturated carbocycles. The molecule has 18 aromatic rings. The molecule has 5 heteroatoms. The van der Waals surface area contributed by atoms with Crippen LogP contribution in [0.15, 0.2) is 358 Å². The fourth-order valence-electron chi connectivity index (χ4n) is 16.4. The number of hydrogen-bond acceptors (Lipinski definition) is 1. The quantitative estimate of drug-likeness (QED) is 0.123. The molecule has 5 aromatic heterocycles. The zero-order valence-corrected chi connectivity index (χ0v) is 59.4. The van der Waals surface area contributed by atoms with Crippen LogP contribution in [0.3, 0.4) is 0 Å². The minimum Gasteiger partial charge on any atom is -0.194 e. The lowest BCUT2D eigenvalue weighted by Gasteiger charge is -2.12. The van der Waals surface area contributed by atoms with Crippen LogP contribution in [0.25, 0.3) is 142 Å². The highest BCUT2D eigenvalue weighted by atomic mass is 32.1. The molecular weight excluding hydrogens is 1280 g/mol. The smallest absolute Gasteiger partial charge is 0.194 e. The number of rotatable bonds is 4. The molecule has 4 aliphatic rings. The molecule has 0 saturated heterocycles. The Balaban J connectivity index is 0.000000103. The molecule has 4 nitrogen and oxygen atoms in total. The summed E-state index contributed by atoms with van der Waals surface area (Å²) in [5.74, 6) is 0. The first-order chi connectivity index (χ1) is 51.3. The third-order valence-electron chi connectivity index (χ3n) is 21.3. The Morgan fingerprint density at radius 1 is 0.250 bits per heavy atom. The van der Waals surface area contributed by atoms with E-state index in [1.165, 1.54) is 181 Å². The number of aryl methyl sites for hydroxylation is 3. The zero-order valence-electron chi connectivity index (χ0n) is 58.6. The van der Waals surface area contributed by atoms with Gasteiger partial charge >= 0.3 is 0 Å². The highest BCUT2D eigenvalue weighted by Crippen LogP contribution is 2.43. The summed E-state index contributed by atoms with van der Waals surface area (Å²) >= 11 is 1.89. The Morgan fingerprint density at radius 3 is 1.34 bits per heavy atom. The van der Waals surface area contributed by atoms with Gasteiger partial charge in [0.15, 0.2) is 51.0 Å². The van der Waals surface area contributed by atoms with Crippen molar-refractivity contribution < 1.29 is 19.7 Å². The van der Waals surface area contributed by atoms with E-state index in [-0.39, 0.29) is 1.43 Å². The van der Waals surface area contributed by atoms with Crippen molar-refractivity contribution in [1.29, 1.82) is 0 Å². The minimum absolute atomic E-state index is 0. The van der Waals surface area contributed by atoms with Gasteiger partial charge in [0.2, 0.25) is 22.8 Å². The lowest BCUT2D eigenvalue weighted by atomic mass is 9.91. The molecular formula is C99H78N4S+4. The first kappa shape index (κ1) is 63.6. The van der Waals surface area contributed by atoms with Crippen LogP contribution >= 0.6 is 11.3 Å². The molecule has 496 valence electrons. The summed E-state index contributed by atoms with van der Waals surface area (Å²) in [6, 6.07) is 120. The number of nitrogens with zero attached hydrogens (tertiary/aromatic N) is 4. The van der Waals surface area contributed by atoms with Gasteiger partial charge in [-0.3, -0.25) is 0 Å². The summed E-state index contributed by atoms with van der Waals surface area (Å²) in [5.41, 5.74) is 30.8. The van der Waals surface area contributed by atoms with Crippen molar-refractivity contribution in [2.45, 2.75) is 47.0 Å². The lowest BCUT2D eigenvalue weighted by Crippen LogP contribution is -2.32. The molecule has 9 heterocycles. The van der Waals surface area contributed by atoms with Crippen molar-refractivity contribution in [2.24, 2.45) is 0 Å². The summed E-state index contributed by atoms with van der Waals surface area (Å²) in [6.45, 7) is 10.5. The van der Waals surface area contributed by atoms with Gasteiger partial charge in [0.1, 0.15) is 0 Å². The van der Waals surface area contributed by atoms with Crippen molar-refractivity contribution in [3.63, 3.8) is 0 Å². The summed E-state index contributed by atoms with van der Waals surface area (Å²) in [5, 5.41) is 10.6. The normalized spacial score (nSPS) is 12.0. The van der Waals surface area contributed by atoms with E-state index < -0.39 is 0 Å². The molecule has 0 amide bonds. The summed E-state index contributed by atoms with van der Waals surface area (Å²) in [7, 11) is 0. The van der Waals surface area contributed by atoms with Gasteiger partial charge in [-0.15, -0.1) is 11.3 Å². The van der Waals surface area contributed by atoms with Crippen LogP contribution in [0, 0.1) is 20.8 Å². The molecule has 104 heavy (non-hydrogen) atoms. The maximum atomic E-state index is 2.38. The van der Waals surface area contributed by atoms with Crippen LogP contribution in [0.2, 0.25) is 0 Å². The van der Waals surface area contributed by atoms with Gasteiger partial charge in [0.25, 0.3) is 0 Å². The molecule has 0 bridgehead atoms. The van der Waals surface area contributed by atoms with E-state index in [0.717, 1.165) is 26.2 Å². The van der Waals surface area contributed by atoms with E-state index >= 15 is 0 Å². The standard InChI is InChI=1S/C36H22S.C20H18N.C18H14N.C13H12N.C12H10N.H2/c1-2-13-29-27(11-1)28-12-3-4-14-30(28)34-22-24(19-20-31(29)34)23-9-7-10-25(21-23)26-16-8-17-33-32-15-5-6-18-35(32)37-36(26)33;1-14-6-5-7-15(2)20(14)17-10-11-19-18-9-4-3-8-16(18)12-21(19)13-17;1-2-6-14(7-3-1)15-10-11-18-17-9-5-4-8-16(17)13-19(18)12-15;1-10-5-4-8-14-9-11-6-2-3-7-12(11)13(10)14;1-2-6-11-10(5-1)9-13-8-4-3-7-12(11)13;/h1-22H;3-11,13H,12H2,1-2H3;1-12H,13H2;2-8H,9H2,1H3;1-8H,9H2;1H/q;4*+1;. The first-order valence-electron chi connectivity index (χ1n) is 36.2. The van der Waals surface area contributed by atoms with Gasteiger partial charge in [0.05, 0.1) is 22.3 Å². The largest absolute Gasteiger partial charge is 0.216 e. The Labute approximate surface area is 613 Å². The second-order valence-corrected chi connectivity index (χ2v) is 28.8. The predicted molar refractivity (Wildman–Crippen MR) is 435 cm³/mol. The van der Waals surface area contributed by atoms with Crippen molar-refractivity contribution >= 4 is 63.8 Å². The van der Waals surface area contributed by atoms with Crippen LogP contribution < -0.4 is 18.3 Å². The molecule has 0 spiro atoms. The second kappa shape index (κ2) is 27.4. The number of aromatic nitrogens is 4. The molecule has 0 radical (unpaired) electrons. The van der Waals surface area contributed by atoms with Gasteiger partial charge in [0, 0.05) is 90.9 Å². The van der Waals surface area contributed by atoms with Crippen LogP contribution in [-0.4, -0.2) is 0 Å². The molecule has 0 N–H and O–H groups in total. The first-order valence-corrected chi connectivity index (χ1v) is 37.0. The van der Waals surface area contributed by atoms with E-state index in [4.69, 9.17) is 0 Å². The maximum absolute atomic E-state index is 2.38. The van der Waals surface area contributed by atoms with Gasteiger partial charge in [-0.1, -0.05) is 237 Å². The highest BCUT2D eigenvalue weighted by Gasteiger charge is 2.30. The van der Waals surface area contributed by atoms with Gasteiger partial charge < -0.3 is 0 Å². The van der Waals surface area contributed by atoms with E-state index in [0.29, 0.717) is 0 Å². The number of pyridine rings is 4. The third-order valence-corrected chi connectivity index (χ3v) is 22.5. The summed E-state index contributed by atoms with van der Waals surface area (Å²) in [4.78, 5) is 0. The summed E-state index contributed by atoms with van der Waals surface area (Å²) in [6.07, 6.45) is 8.84. The Morgan fingerprint density at radius 2 is 0.673 bits per heavy atom. The summed E-state index contributed by atoms with van der Waals surface area (Å²) < 4.78 is 12.0. The van der Waals surface area contributed by atoms with Crippen molar-refractivity contribution in [3.8, 4) is 89.5 Å². The SMILES string of the molecule is Cc1ccc[n+]2c1-c1ccccc1C2.Cc1cccc(C)c1-c1ccc2[n+](c1)Cc1ccccc1-2.[HH].c1cc(-c2ccc3c4ccccc4c4ccccc4c3c2)cc(-c2cccc3c2sc2ccccc23)c1.c1ccc(-c2ccc3[n+](c2)Cc2ccccc2-3)cc1.c1ccc2c(c1)C[n+]1ccccc1-2. The van der Waals surface area contributed by atoms with Crippen LogP contribution in [0.4, 0.5) is 0 Å². The lowest BCUT2D eigenvalue weighted by molar-refractivity contribution is -0.672. The Bertz CT molecular complexity index is 6270. The highest BCUT2D eigenvalue weighted by molar-refractivity contribution is 7.26. The fourth-order valence-corrected chi connectivity index (χ4v) is 17.6. The van der Waals surface area contributed by atoms with Crippen LogP contribution in [-0.2, 0) is 26.2 Å². The van der Waals surface area contributed by atoms with Crippen LogP contribution in [0.1, 0.15) is 40.4 Å². The number of thiophene rings is 1. The molecule has 0 atom stereocenters. The average Bonchev–Trinajstić information content (AvgIpc) is 1.75. The number of fused-ring (bicyclic) bond motifs is 21. The zero-order chi connectivity index (χ0) is 69.6. The molecule has 0 aliphatic carbocycles. The number of hydrogen-bond donors (Lipinski definition) is 0. The van der Waals surface area contributed by atoms with E-state index in [1.54, 1.807) is 0 Å². The third kappa shape index (κ3) is 11.9. The van der Waals surface area contributed by atoms with Crippen molar-refractivity contribution in [2.75, 3.05) is 0 Å². The monoisotopic (exact) mass is 1350 g/mol. The Kier molecular flexibility index (Phi) is 16.8. The van der Waals surface area contributed by atoms with E-state index in [1.807, 2.05) is 11.3 Å². The Hall–Kier alpha value is -12.5. The topological polar surface area (TPSA) is 15.5 Å². The molecule has 4 aliphatic heterocycles. The van der Waals surface area contributed by atoms with Gasteiger partial charge in [-0.2, -0.15) is 18.3 Å². The fraction of sp³-hybridized carbons (Fsp3) is 0.0707. The van der Waals surface area contributed by atoms with E-state index in [9.17, 15) is 0 Å². The molecule has 13 aromatic carbocycles. The maximum Gasteiger partial charge on any atom is 0.216 e. The minimum atomic E-state index is 0. The average molecular weight is 1360 g/mol. The van der Waals surface area contributed by atoms with Gasteiger partial charge in [-0.25, -0.2) is 0 Å². The van der Waals surface area contributed by atoms with Crippen molar-refractivity contribution in [3.05, 3.63) is 397 Å². The van der Waals surface area contributed by atoms with E-state index in [2.05, 4.69) is 397 Å². The predicted octanol–water partition coefficient (Wildman–Crippen LogP) is 23.4. The molecule has 0 unspecified atom stereocenters. The molecule has 22 rings (SSSR count). The second-order valence-electron chi connectivity index (χ2n) is 27.7. The van der Waals surface area contributed by atoms with Crippen LogP contribution in [0.5, 0.6) is 0 Å². The van der Waals surface area contributed by atoms with Crippen molar-refractivity contribution in [1.82, 2.24) is 0 Å². The van der Waals surface area contributed by atoms with Gasteiger partial charge in [-0.05, 0) is 164 Å². The number of benzene rings is 13. The molecule has 0 fully saturated rings.